The predicted molar refractivity (Wildman–Crippen MR) is 69.2 cm³/mol. The Labute approximate surface area is 105 Å². The van der Waals surface area contributed by atoms with Gasteiger partial charge in [-0.05, 0) is 38.6 Å². The zero-order valence-electron chi connectivity index (χ0n) is 10.5. The van der Waals surface area contributed by atoms with E-state index in [-0.39, 0.29) is 0 Å². The fourth-order valence-electron chi connectivity index (χ4n) is 2.36. The van der Waals surface area contributed by atoms with E-state index in [1.165, 1.54) is 6.42 Å². The lowest BCUT2D eigenvalue weighted by molar-refractivity contribution is -0.144. The first-order chi connectivity index (χ1) is 8.08. The molecule has 0 aliphatic carbocycles. The molecular weight excluding hydrogens is 215 g/mol. The second kappa shape index (κ2) is 7.02. The molecule has 4 N–H and O–H groups in total. The second-order valence-corrected chi connectivity index (χ2v) is 5.04. The Morgan fingerprint density at radius 1 is 1.47 bits per heavy atom. The minimum Gasteiger partial charge on any atom is -0.480 e. The number of hydrogen-bond donors (Lipinski definition) is 3. The molecule has 1 saturated heterocycles. The molecular formula is C12H23BN2O2. The van der Waals surface area contributed by atoms with Crippen LogP contribution in [0.1, 0.15) is 44.9 Å². The van der Waals surface area contributed by atoms with Crippen molar-refractivity contribution in [1.82, 2.24) is 5.32 Å². The standard InChI is InChI=1S/C12H23BN2O2/c13-8-2-1-6-12(14,11(16)17)7-5-10-4-3-9-15-10/h10,15H,1-9,14H2,(H,16,17). The minimum absolute atomic E-state index is 0.451. The minimum atomic E-state index is -1.07. The normalized spacial score (nSPS) is 23.5. The van der Waals surface area contributed by atoms with Crippen molar-refractivity contribution in [3.05, 3.63) is 0 Å². The van der Waals surface area contributed by atoms with Gasteiger partial charge < -0.3 is 16.2 Å². The molecule has 17 heavy (non-hydrogen) atoms. The summed E-state index contributed by atoms with van der Waals surface area (Å²) >= 11 is 0. The fraction of sp³-hybridized carbons (Fsp3) is 0.917. The molecule has 1 aliphatic rings. The first-order valence-corrected chi connectivity index (χ1v) is 6.54. The smallest absolute Gasteiger partial charge is 0.323 e. The summed E-state index contributed by atoms with van der Waals surface area (Å²) in [5, 5.41) is 12.6. The van der Waals surface area contributed by atoms with Crippen LogP contribution >= 0.6 is 0 Å². The van der Waals surface area contributed by atoms with Crippen molar-refractivity contribution in [2.45, 2.75) is 62.8 Å². The molecule has 96 valence electrons. The van der Waals surface area contributed by atoms with Gasteiger partial charge in [0.25, 0.3) is 0 Å². The van der Waals surface area contributed by atoms with E-state index in [4.69, 9.17) is 13.6 Å². The summed E-state index contributed by atoms with van der Waals surface area (Å²) in [5.74, 6) is -0.882. The summed E-state index contributed by atoms with van der Waals surface area (Å²) in [7, 11) is 5.41. The number of hydrogen-bond acceptors (Lipinski definition) is 3. The fourth-order valence-corrected chi connectivity index (χ4v) is 2.36. The van der Waals surface area contributed by atoms with Crippen LogP contribution in [0.3, 0.4) is 0 Å². The van der Waals surface area contributed by atoms with Gasteiger partial charge in [0, 0.05) is 6.04 Å². The third-order valence-electron chi connectivity index (χ3n) is 3.60. The Kier molecular flexibility index (Phi) is 5.99. The average molecular weight is 238 g/mol. The highest BCUT2D eigenvalue weighted by molar-refractivity contribution is 6.08. The third kappa shape index (κ3) is 4.68. The van der Waals surface area contributed by atoms with Crippen molar-refractivity contribution in [2.75, 3.05) is 6.54 Å². The zero-order valence-corrected chi connectivity index (χ0v) is 10.5. The molecule has 4 nitrogen and oxygen atoms in total. The average Bonchev–Trinajstić information content (AvgIpc) is 2.79. The molecule has 1 aliphatic heterocycles. The van der Waals surface area contributed by atoms with Crippen LogP contribution < -0.4 is 11.1 Å². The number of rotatable bonds is 8. The lowest BCUT2D eigenvalue weighted by Crippen LogP contribution is -2.48. The molecule has 5 heteroatoms. The number of unbranched alkanes of at least 4 members (excludes halogenated alkanes) is 1. The van der Waals surface area contributed by atoms with Crippen LogP contribution in [0.25, 0.3) is 0 Å². The maximum absolute atomic E-state index is 11.2. The molecule has 0 bridgehead atoms. The zero-order chi connectivity index (χ0) is 12.7. The number of carbonyl (C=O) groups is 1. The summed E-state index contributed by atoms with van der Waals surface area (Å²) in [5.41, 5.74) is 4.92. The molecule has 2 atom stereocenters. The van der Waals surface area contributed by atoms with E-state index >= 15 is 0 Å². The number of nitrogens with one attached hydrogen (secondary N) is 1. The van der Waals surface area contributed by atoms with Crippen LogP contribution in [0.4, 0.5) is 0 Å². The molecule has 2 radical (unpaired) electrons. The lowest BCUT2D eigenvalue weighted by atomic mass is 9.85. The topological polar surface area (TPSA) is 75.3 Å². The van der Waals surface area contributed by atoms with Crippen molar-refractivity contribution in [1.29, 1.82) is 0 Å². The molecule has 0 aromatic heterocycles. The second-order valence-electron chi connectivity index (χ2n) is 5.04. The Bertz CT molecular complexity index is 245. The predicted octanol–water partition coefficient (Wildman–Crippen LogP) is 1.06. The highest BCUT2D eigenvalue weighted by atomic mass is 16.4. The first-order valence-electron chi connectivity index (χ1n) is 6.54. The Morgan fingerprint density at radius 2 is 2.24 bits per heavy atom. The van der Waals surface area contributed by atoms with Gasteiger partial charge in [0.2, 0.25) is 0 Å². The molecule has 1 heterocycles. The lowest BCUT2D eigenvalue weighted by Gasteiger charge is -2.26. The Hall–Kier alpha value is -0.545. The van der Waals surface area contributed by atoms with E-state index in [1.807, 2.05) is 0 Å². The molecule has 0 spiro atoms. The number of nitrogens with two attached hydrogens (primary N) is 1. The van der Waals surface area contributed by atoms with E-state index in [0.29, 0.717) is 25.2 Å². The van der Waals surface area contributed by atoms with Crippen LogP contribution in [-0.2, 0) is 4.79 Å². The van der Waals surface area contributed by atoms with E-state index < -0.39 is 11.5 Å². The van der Waals surface area contributed by atoms with Crippen molar-refractivity contribution in [3.8, 4) is 0 Å². The van der Waals surface area contributed by atoms with Gasteiger partial charge in [-0.25, -0.2) is 0 Å². The molecule has 0 aromatic carbocycles. The van der Waals surface area contributed by atoms with Gasteiger partial charge in [-0.3, -0.25) is 4.79 Å². The Balaban J connectivity index is 2.37. The maximum Gasteiger partial charge on any atom is 0.323 e. The summed E-state index contributed by atoms with van der Waals surface area (Å²) in [6, 6.07) is 0.451. The van der Waals surface area contributed by atoms with Gasteiger partial charge in [-0.2, -0.15) is 0 Å². The quantitative estimate of drug-likeness (QED) is 0.436. The highest BCUT2D eigenvalue weighted by Gasteiger charge is 2.33. The van der Waals surface area contributed by atoms with Gasteiger partial charge in [0.1, 0.15) is 5.54 Å². The maximum atomic E-state index is 11.2. The van der Waals surface area contributed by atoms with Crippen molar-refractivity contribution in [3.63, 3.8) is 0 Å². The number of carboxylic acid groups (broad SMARTS) is 1. The number of aliphatic carboxylic acids is 1. The van der Waals surface area contributed by atoms with Crippen molar-refractivity contribution in [2.24, 2.45) is 5.73 Å². The highest BCUT2D eigenvalue weighted by Crippen LogP contribution is 2.22. The van der Waals surface area contributed by atoms with Gasteiger partial charge in [0.05, 0.1) is 7.85 Å². The van der Waals surface area contributed by atoms with E-state index in [1.54, 1.807) is 0 Å². The van der Waals surface area contributed by atoms with E-state index in [0.717, 1.165) is 32.2 Å². The molecule has 2 unspecified atom stereocenters. The van der Waals surface area contributed by atoms with Gasteiger partial charge in [-0.15, -0.1) is 0 Å². The summed E-state index contributed by atoms with van der Waals surface area (Å²) in [4.78, 5) is 11.2. The monoisotopic (exact) mass is 238 g/mol. The largest absolute Gasteiger partial charge is 0.480 e. The SMILES string of the molecule is [B]CCCCC(N)(CCC1CCCN1)C(=O)O. The van der Waals surface area contributed by atoms with E-state index in [2.05, 4.69) is 5.32 Å². The molecule has 0 aromatic rings. The van der Waals surface area contributed by atoms with Crippen LogP contribution in [0.2, 0.25) is 6.32 Å². The molecule has 1 fully saturated rings. The summed E-state index contributed by atoms with van der Waals surface area (Å²) in [6.07, 6.45) is 6.47. The number of carboxylic acids is 1. The summed E-state index contributed by atoms with van der Waals surface area (Å²) < 4.78 is 0. The van der Waals surface area contributed by atoms with Gasteiger partial charge in [-0.1, -0.05) is 19.2 Å². The summed E-state index contributed by atoms with van der Waals surface area (Å²) in [6.45, 7) is 1.04. The Morgan fingerprint density at radius 3 is 2.76 bits per heavy atom. The van der Waals surface area contributed by atoms with Crippen molar-refractivity contribution >= 4 is 13.8 Å². The third-order valence-corrected chi connectivity index (χ3v) is 3.60. The van der Waals surface area contributed by atoms with Crippen LogP contribution in [0.15, 0.2) is 0 Å². The molecule has 1 rings (SSSR count). The first kappa shape index (κ1) is 14.5. The van der Waals surface area contributed by atoms with Crippen LogP contribution in [0.5, 0.6) is 0 Å². The van der Waals surface area contributed by atoms with Crippen LogP contribution in [-0.4, -0.2) is 37.0 Å². The molecule has 0 saturated carbocycles. The van der Waals surface area contributed by atoms with E-state index in [9.17, 15) is 9.90 Å². The van der Waals surface area contributed by atoms with Crippen LogP contribution in [0, 0.1) is 0 Å². The molecule has 0 amide bonds. The van der Waals surface area contributed by atoms with Gasteiger partial charge >= 0.3 is 5.97 Å². The van der Waals surface area contributed by atoms with Gasteiger partial charge in [0.15, 0.2) is 0 Å². The van der Waals surface area contributed by atoms with Crippen molar-refractivity contribution < 1.29 is 9.90 Å².